The van der Waals surface area contributed by atoms with Crippen molar-refractivity contribution in [3.05, 3.63) is 279 Å². The van der Waals surface area contributed by atoms with E-state index in [1.807, 2.05) is 0 Å². The molecule has 80 heavy (non-hydrogen) atoms. The molecule has 0 unspecified atom stereocenters. The van der Waals surface area contributed by atoms with Crippen molar-refractivity contribution < 1.29 is 0 Å². The van der Waals surface area contributed by atoms with E-state index in [0.29, 0.717) is 0 Å². The van der Waals surface area contributed by atoms with Gasteiger partial charge in [0.2, 0.25) is 0 Å². The molecule has 2 aliphatic heterocycles. The highest BCUT2D eigenvalue weighted by Gasteiger charge is 2.43. The third-order valence-electron chi connectivity index (χ3n) is 17.8. The van der Waals surface area contributed by atoms with Gasteiger partial charge in [-0.2, -0.15) is 0 Å². The van der Waals surface area contributed by atoms with Crippen molar-refractivity contribution in [2.24, 2.45) is 0 Å². The predicted molar refractivity (Wildman–Crippen MR) is 338 cm³/mol. The summed E-state index contributed by atoms with van der Waals surface area (Å²) in [7, 11) is 0. The molecule has 0 saturated heterocycles. The molecule has 3 nitrogen and oxygen atoms in total. The summed E-state index contributed by atoms with van der Waals surface area (Å²) >= 11 is 0. The van der Waals surface area contributed by atoms with Crippen LogP contribution in [0.4, 0.5) is 17.1 Å². The Bertz CT molecular complexity index is 5000. The van der Waals surface area contributed by atoms with Crippen molar-refractivity contribution in [2.45, 2.75) is 0 Å². The maximum absolute atomic E-state index is 2.67. The molecule has 3 aliphatic rings. The summed E-state index contributed by atoms with van der Waals surface area (Å²) in [4.78, 5) is 2.49. The molecule has 13 aromatic carbocycles. The van der Waals surface area contributed by atoms with Crippen LogP contribution in [0.2, 0.25) is 0 Å². The minimum absolute atomic E-state index is 0.0895. The second kappa shape index (κ2) is 16.5. The lowest BCUT2D eigenvalue weighted by atomic mass is 9.34. The van der Waals surface area contributed by atoms with Gasteiger partial charge in [0.1, 0.15) is 0 Å². The Labute approximate surface area is 463 Å². The van der Waals surface area contributed by atoms with Gasteiger partial charge in [-0.05, 0) is 155 Å². The average Bonchev–Trinajstić information content (AvgIpc) is 4.22. The SMILES string of the molecule is c1ccc(-c2ccc(N(c3ccc(-c4ccccc4)cc3)c3cc4c5c(c3)-n3c6cccc7c6c6c8c(cccc8cc(c63)B5c3cc(-c5ccccc5)cc5c6cc(-c8ccccc8)ccc6n-4c35)-c3ccccc3-7)cc2)cc1. The van der Waals surface area contributed by atoms with E-state index >= 15 is 0 Å². The minimum atomic E-state index is -0.0895. The normalized spacial score (nSPS) is 12.5. The van der Waals surface area contributed by atoms with E-state index in [-0.39, 0.29) is 6.71 Å². The van der Waals surface area contributed by atoms with Gasteiger partial charge in [-0.1, -0.05) is 218 Å². The van der Waals surface area contributed by atoms with Crippen LogP contribution >= 0.6 is 0 Å². The van der Waals surface area contributed by atoms with E-state index in [9.17, 15) is 0 Å². The molecule has 15 aromatic rings. The van der Waals surface area contributed by atoms with Crippen molar-refractivity contribution in [3.63, 3.8) is 0 Å². The van der Waals surface area contributed by atoms with Crippen molar-refractivity contribution >= 4 is 94.5 Å². The molecule has 0 radical (unpaired) electrons. The number of rotatable bonds is 7. The van der Waals surface area contributed by atoms with Crippen molar-refractivity contribution in [1.82, 2.24) is 9.13 Å². The molecule has 4 heterocycles. The van der Waals surface area contributed by atoms with E-state index in [2.05, 4.69) is 293 Å². The molecule has 1 aliphatic carbocycles. The zero-order valence-corrected chi connectivity index (χ0v) is 43.5. The Hall–Kier alpha value is -10.4. The van der Waals surface area contributed by atoms with Gasteiger partial charge < -0.3 is 14.0 Å². The van der Waals surface area contributed by atoms with Crippen molar-refractivity contribution in [2.75, 3.05) is 4.90 Å². The molecule has 368 valence electrons. The Morgan fingerprint density at radius 1 is 0.275 bits per heavy atom. The summed E-state index contributed by atoms with van der Waals surface area (Å²) in [5, 5.41) is 7.76. The quantitative estimate of drug-likeness (QED) is 0.145. The second-order valence-corrected chi connectivity index (χ2v) is 21.9. The second-order valence-electron chi connectivity index (χ2n) is 21.9. The van der Waals surface area contributed by atoms with E-state index in [4.69, 9.17) is 0 Å². The molecule has 0 spiro atoms. The minimum Gasteiger partial charge on any atom is -0.310 e. The Morgan fingerprint density at radius 2 is 0.738 bits per heavy atom. The molecule has 0 bridgehead atoms. The summed E-state index contributed by atoms with van der Waals surface area (Å²) in [6, 6.07) is 104. The van der Waals surface area contributed by atoms with Crippen LogP contribution in [0.1, 0.15) is 0 Å². The first-order valence-corrected chi connectivity index (χ1v) is 27.9. The lowest BCUT2D eigenvalue weighted by molar-refractivity contribution is 1.13. The highest BCUT2D eigenvalue weighted by molar-refractivity contribution is 7.00. The highest BCUT2D eigenvalue weighted by Crippen LogP contribution is 2.52. The van der Waals surface area contributed by atoms with Gasteiger partial charge >= 0.3 is 0 Å². The summed E-state index contributed by atoms with van der Waals surface area (Å²) in [6.45, 7) is -0.0895. The van der Waals surface area contributed by atoms with Crippen LogP contribution in [0.25, 0.3) is 133 Å². The number of nitrogens with zero attached hydrogens (tertiary/aromatic N) is 3. The smallest absolute Gasteiger partial charge is 0.252 e. The Morgan fingerprint density at radius 3 is 1.34 bits per heavy atom. The van der Waals surface area contributed by atoms with Crippen LogP contribution in [0.3, 0.4) is 0 Å². The zero-order valence-electron chi connectivity index (χ0n) is 43.5. The fourth-order valence-corrected chi connectivity index (χ4v) is 14.4. The first-order chi connectivity index (χ1) is 39.7. The molecule has 18 rings (SSSR count). The average molecular weight is 1010 g/mol. The predicted octanol–water partition coefficient (Wildman–Crippen LogP) is 18.0. The maximum Gasteiger partial charge on any atom is 0.252 e. The van der Waals surface area contributed by atoms with Gasteiger partial charge in [0.25, 0.3) is 6.71 Å². The largest absolute Gasteiger partial charge is 0.310 e. The van der Waals surface area contributed by atoms with Gasteiger partial charge in [-0.25, -0.2) is 0 Å². The fourth-order valence-electron chi connectivity index (χ4n) is 14.4. The van der Waals surface area contributed by atoms with Crippen LogP contribution < -0.4 is 21.3 Å². The van der Waals surface area contributed by atoms with E-state index in [0.717, 1.165) is 17.1 Å². The Balaban J connectivity index is 0.997. The van der Waals surface area contributed by atoms with Gasteiger partial charge in [-0.15, -0.1) is 0 Å². The number of hydrogen-bond donors (Lipinski definition) is 0. The third kappa shape index (κ3) is 6.10. The van der Waals surface area contributed by atoms with E-state index < -0.39 is 0 Å². The summed E-state index contributed by atoms with van der Waals surface area (Å²) < 4.78 is 5.31. The molecule has 0 fully saturated rings. The third-order valence-corrected chi connectivity index (χ3v) is 17.8. The van der Waals surface area contributed by atoms with Crippen molar-refractivity contribution in [3.8, 4) is 78.1 Å². The molecular formula is C76H46BN3. The van der Waals surface area contributed by atoms with Gasteiger partial charge in [0.05, 0.1) is 22.2 Å². The lowest BCUT2D eigenvalue weighted by Gasteiger charge is -2.36. The standard InChI is InChI=1S/C76H46BN3/c1-5-17-47(18-6-1)51-31-36-56(37-32-51)78(57-38-33-52(34-39-57)48-19-7-2-8-20-48)58-45-69-74-70(46-58)80-68-30-16-29-62-60-27-14-13-26-59(60)61-28-15-25-54-43-66(76(80)73(71(54)61)72(62)68)77(74)65-44-55(50-23-11-4-12-24-50)42-64-63-41-53(49-21-9-3-10-22-49)35-40-67(63)79(69)75(64)65/h1-46H. The number of anilines is 3. The first-order valence-electron chi connectivity index (χ1n) is 27.9. The maximum atomic E-state index is 2.67. The summed E-state index contributed by atoms with van der Waals surface area (Å²) in [5.74, 6) is 0. The first kappa shape index (κ1) is 43.7. The van der Waals surface area contributed by atoms with Crippen LogP contribution in [-0.4, -0.2) is 15.8 Å². The zero-order chi connectivity index (χ0) is 52.2. The van der Waals surface area contributed by atoms with Crippen LogP contribution in [-0.2, 0) is 0 Å². The lowest BCUT2D eigenvalue weighted by Crippen LogP contribution is -2.59. The molecule has 0 N–H and O–H groups in total. The van der Waals surface area contributed by atoms with Crippen molar-refractivity contribution in [1.29, 1.82) is 0 Å². The van der Waals surface area contributed by atoms with Gasteiger partial charge in [-0.3, -0.25) is 0 Å². The molecule has 0 atom stereocenters. The fraction of sp³-hybridized carbons (Fsp3) is 0. The number of hydrogen-bond acceptors (Lipinski definition) is 1. The summed E-state index contributed by atoms with van der Waals surface area (Å²) in [5.41, 5.74) is 29.4. The van der Waals surface area contributed by atoms with Gasteiger partial charge in [0, 0.05) is 49.8 Å². The number of fused-ring (bicyclic) bond motifs is 11. The van der Waals surface area contributed by atoms with E-state index in [1.54, 1.807) is 0 Å². The monoisotopic (exact) mass is 1010 g/mol. The Kier molecular flexibility index (Phi) is 9.03. The molecule has 0 amide bonds. The van der Waals surface area contributed by atoms with Crippen LogP contribution in [0, 0.1) is 0 Å². The highest BCUT2D eigenvalue weighted by atomic mass is 15.2. The van der Waals surface area contributed by atoms with Gasteiger partial charge in [0.15, 0.2) is 0 Å². The molecule has 0 saturated carbocycles. The topological polar surface area (TPSA) is 13.1 Å². The van der Waals surface area contributed by atoms with Crippen LogP contribution in [0.15, 0.2) is 279 Å². The number of aromatic nitrogens is 2. The van der Waals surface area contributed by atoms with E-state index in [1.165, 1.54) is 149 Å². The molecule has 2 aromatic heterocycles. The molecular weight excluding hydrogens is 966 g/mol. The van der Waals surface area contributed by atoms with Crippen LogP contribution in [0.5, 0.6) is 0 Å². The number of benzene rings is 13. The molecule has 4 heteroatoms. The summed E-state index contributed by atoms with van der Waals surface area (Å²) in [6.07, 6.45) is 0.